The molecule has 3 aromatic rings. The molecule has 120 valence electrons. The molecule has 0 fully saturated rings. The van der Waals surface area contributed by atoms with E-state index in [0.29, 0.717) is 12.5 Å². The second kappa shape index (κ2) is 5.79. The SMILES string of the molecule is CC[C@H]1c2ccccc2CN(C(C)=O)c2c1ccc1ccccc21. The van der Waals surface area contributed by atoms with Gasteiger partial charge in [-0.3, -0.25) is 4.79 Å². The van der Waals surface area contributed by atoms with E-state index in [4.69, 9.17) is 0 Å². The maximum absolute atomic E-state index is 12.5. The molecule has 0 bridgehead atoms. The van der Waals surface area contributed by atoms with Gasteiger partial charge >= 0.3 is 0 Å². The minimum absolute atomic E-state index is 0.0964. The third-order valence-corrected chi connectivity index (χ3v) is 5.12. The molecule has 0 radical (unpaired) electrons. The molecule has 0 saturated heterocycles. The van der Waals surface area contributed by atoms with Crippen molar-refractivity contribution in [3.05, 3.63) is 77.4 Å². The van der Waals surface area contributed by atoms with Crippen LogP contribution in [0.25, 0.3) is 10.8 Å². The highest BCUT2D eigenvalue weighted by Crippen LogP contribution is 2.43. The van der Waals surface area contributed by atoms with Crippen molar-refractivity contribution in [1.29, 1.82) is 0 Å². The lowest BCUT2D eigenvalue weighted by Gasteiger charge is -2.25. The van der Waals surface area contributed by atoms with Crippen LogP contribution >= 0.6 is 0 Å². The summed E-state index contributed by atoms with van der Waals surface area (Å²) in [4.78, 5) is 14.4. The number of amides is 1. The number of hydrogen-bond donors (Lipinski definition) is 0. The normalized spacial score (nSPS) is 16.4. The van der Waals surface area contributed by atoms with Crippen molar-refractivity contribution in [2.75, 3.05) is 4.90 Å². The van der Waals surface area contributed by atoms with E-state index in [1.165, 1.54) is 22.1 Å². The lowest BCUT2D eigenvalue weighted by molar-refractivity contribution is -0.116. The Morgan fingerprint density at radius 1 is 1.00 bits per heavy atom. The Morgan fingerprint density at radius 3 is 2.54 bits per heavy atom. The van der Waals surface area contributed by atoms with E-state index < -0.39 is 0 Å². The number of carbonyl (C=O) groups is 1. The van der Waals surface area contributed by atoms with Gasteiger partial charge in [0.1, 0.15) is 0 Å². The fourth-order valence-corrected chi connectivity index (χ4v) is 4.00. The molecule has 1 aliphatic heterocycles. The minimum atomic E-state index is 0.0964. The fourth-order valence-electron chi connectivity index (χ4n) is 4.00. The molecule has 0 aromatic heterocycles. The molecule has 3 aromatic carbocycles. The highest BCUT2D eigenvalue weighted by molar-refractivity contribution is 6.05. The van der Waals surface area contributed by atoms with E-state index in [1.54, 1.807) is 6.92 Å². The molecule has 2 nitrogen and oxygen atoms in total. The molecule has 24 heavy (non-hydrogen) atoms. The van der Waals surface area contributed by atoms with Crippen molar-refractivity contribution in [3.8, 4) is 0 Å². The smallest absolute Gasteiger partial charge is 0.224 e. The maximum atomic E-state index is 12.5. The lowest BCUT2D eigenvalue weighted by atomic mass is 9.85. The van der Waals surface area contributed by atoms with Gasteiger partial charge in [0.2, 0.25) is 5.91 Å². The third kappa shape index (κ3) is 2.22. The first-order chi connectivity index (χ1) is 11.7. The van der Waals surface area contributed by atoms with E-state index in [1.807, 2.05) is 4.90 Å². The van der Waals surface area contributed by atoms with E-state index >= 15 is 0 Å². The first-order valence-electron chi connectivity index (χ1n) is 8.58. The van der Waals surface area contributed by atoms with Gasteiger partial charge in [-0.15, -0.1) is 0 Å². The Labute approximate surface area is 142 Å². The molecular formula is C22H21NO. The van der Waals surface area contributed by atoms with Gasteiger partial charge in [0.25, 0.3) is 0 Å². The molecule has 0 aliphatic carbocycles. The van der Waals surface area contributed by atoms with Crippen LogP contribution in [0, 0.1) is 0 Å². The largest absolute Gasteiger partial charge is 0.307 e. The Kier molecular flexibility index (Phi) is 3.61. The summed E-state index contributed by atoms with van der Waals surface area (Å²) in [5.74, 6) is 0.421. The van der Waals surface area contributed by atoms with Crippen LogP contribution < -0.4 is 4.90 Å². The molecule has 0 N–H and O–H groups in total. The van der Waals surface area contributed by atoms with E-state index in [0.717, 1.165) is 17.5 Å². The monoisotopic (exact) mass is 315 g/mol. The predicted octanol–water partition coefficient (Wildman–Crippen LogP) is 5.25. The van der Waals surface area contributed by atoms with Crippen LogP contribution in [0.4, 0.5) is 5.69 Å². The summed E-state index contributed by atoms with van der Waals surface area (Å²) in [5.41, 5.74) is 4.94. The Bertz CT molecular complexity index is 928. The van der Waals surface area contributed by atoms with Crippen molar-refractivity contribution in [3.63, 3.8) is 0 Å². The minimum Gasteiger partial charge on any atom is -0.307 e. The van der Waals surface area contributed by atoms with E-state index in [2.05, 4.69) is 67.6 Å². The molecule has 0 unspecified atom stereocenters. The zero-order chi connectivity index (χ0) is 16.7. The van der Waals surface area contributed by atoms with Crippen LogP contribution in [0.2, 0.25) is 0 Å². The van der Waals surface area contributed by atoms with Gasteiger partial charge in [-0.25, -0.2) is 0 Å². The molecule has 1 aliphatic rings. The molecule has 1 amide bonds. The molecule has 4 rings (SSSR count). The lowest BCUT2D eigenvalue weighted by Crippen LogP contribution is -2.28. The van der Waals surface area contributed by atoms with Crippen LogP contribution in [-0.4, -0.2) is 5.91 Å². The number of benzene rings is 3. The van der Waals surface area contributed by atoms with Crippen molar-refractivity contribution in [2.24, 2.45) is 0 Å². The summed E-state index contributed by atoms with van der Waals surface area (Å²) in [7, 11) is 0. The highest BCUT2D eigenvalue weighted by Gasteiger charge is 2.29. The van der Waals surface area contributed by atoms with Crippen molar-refractivity contribution >= 4 is 22.4 Å². The number of anilines is 1. The molecule has 2 heteroatoms. The summed E-state index contributed by atoms with van der Waals surface area (Å²) < 4.78 is 0. The summed E-state index contributed by atoms with van der Waals surface area (Å²) in [6, 6.07) is 21.3. The molecule has 0 spiro atoms. The van der Waals surface area contributed by atoms with Gasteiger partial charge in [0.05, 0.1) is 12.2 Å². The second-order valence-electron chi connectivity index (χ2n) is 6.49. The van der Waals surface area contributed by atoms with Gasteiger partial charge in [0, 0.05) is 18.2 Å². The zero-order valence-electron chi connectivity index (χ0n) is 14.1. The molecular weight excluding hydrogens is 294 g/mol. The highest BCUT2D eigenvalue weighted by atomic mass is 16.2. The van der Waals surface area contributed by atoms with E-state index in [9.17, 15) is 4.79 Å². The summed E-state index contributed by atoms with van der Waals surface area (Å²) in [5, 5.41) is 2.35. The van der Waals surface area contributed by atoms with Gasteiger partial charge in [-0.1, -0.05) is 67.6 Å². The topological polar surface area (TPSA) is 20.3 Å². The van der Waals surface area contributed by atoms with Gasteiger partial charge in [0.15, 0.2) is 0 Å². The predicted molar refractivity (Wildman–Crippen MR) is 99.4 cm³/mol. The van der Waals surface area contributed by atoms with E-state index in [-0.39, 0.29) is 5.91 Å². The standard InChI is InChI=1S/C22H21NO/c1-3-18-19-10-6-5-9-17(19)14-23(15(2)24)22-20-11-7-4-8-16(20)12-13-21(18)22/h4-13,18H,3,14H2,1-2H3/t18-/m0/s1. The second-order valence-corrected chi connectivity index (χ2v) is 6.49. The molecule has 0 saturated carbocycles. The molecule has 1 heterocycles. The van der Waals surface area contributed by atoms with Crippen molar-refractivity contribution in [2.45, 2.75) is 32.7 Å². The van der Waals surface area contributed by atoms with Crippen molar-refractivity contribution < 1.29 is 4.79 Å². The molecule has 1 atom stereocenters. The maximum Gasteiger partial charge on any atom is 0.224 e. The van der Waals surface area contributed by atoms with Crippen LogP contribution in [0.15, 0.2) is 60.7 Å². The van der Waals surface area contributed by atoms with Gasteiger partial charge in [-0.2, -0.15) is 0 Å². The number of rotatable bonds is 1. The van der Waals surface area contributed by atoms with Crippen LogP contribution in [0.5, 0.6) is 0 Å². The van der Waals surface area contributed by atoms with Crippen LogP contribution in [-0.2, 0) is 11.3 Å². The Balaban J connectivity index is 2.08. The summed E-state index contributed by atoms with van der Waals surface area (Å²) in [6.07, 6.45) is 1.02. The van der Waals surface area contributed by atoms with Gasteiger partial charge < -0.3 is 4.90 Å². The van der Waals surface area contributed by atoms with Crippen molar-refractivity contribution in [1.82, 2.24) is 0 Å². The zero-order valence-corrected chi connectivity index (χ0v) is 14.1. The number of fused-ring (bicyclic) bond motifs is 4. The first-order valence-corrected chi connectivity index (χ1v) is 8.58. The summed E-state index contributed by atoms with van der Waals surface area (Å²) in [6.45, 7) is 4.54. The summed E-state index contributed by atoms with van der Waals surface area (Å²) >= 11 is 0. The fraction of sp³-hybridized carbons (Fsp3) is 0.227. The van der Waals surface area contributed by atoms with Crippen LogP contribution in [0.1, 0.15) is 42.9 Å². The first kappa shape index (κ1) is 14.9. The quantitative estimate of drug-likeness (QED) is 0.600. The third-order valence-electron chi connectivity index (χ3n) is 5.12. The Morgan fingerprint density at radius 2 is 1.75 bits per heavy atom. The number of nitrogens with zero attached hydrogens (tertiary/aromatic N) is 1. The van der Waals surface area contributed by atoms with Crippen LogP contribution in [0.3, 0.4) is 0 Å². The van der Waals surface area contributed by atoms with Gasteiger partial charge in [-0.05, 0) is 28.5 Å². The average Bonchev–Trinajstić information content (AvgIpc) is 2.75. The number of hydrogen-bond acceptors (Lipinski definition) is 1. The Hall–Kier alpha value is -2.61. The average molecular weight is 315 g/mol. The number of carbonyl (C=O) groups excluding carboxylic acids is 1.